The minimum atomic E-state index is -0.159. The van der Waals surface area contributed by atoms with Crippen molar-refractivity contribution in [2.24, 2.45) is 0 Å². The van der Waals surface area contributed by atoms with E-state index in [4.69, 9.17) is 4.74 Å². The van der Waals surface area contributed by atoms with Crippen molar-refractivity contribution in [3.8, 4) is 17.0 Å². The Kier molecular flexibility index (Phi) is 4.49. The van der Waals surface area contributed by atoms with Crippen LogP contribution in [0.1, 0.15) is 5.56 Å². The maximum absolute atomic E-state index is 12.4. The van der Waals surface area contributed by atoms with Crippen molar-refractivity contribution < 1.29 is 9.53 Å². The Morgan fingerprint density at radius 1 is 1.15 bits per heavy atom. The highest BCUT2D eigenvalue weighted by Gasteiger charge is 2.11. The molecule has 1 aromatic carbocycles. The van der Waals surface area contributed by atoms with E-state index in [-0.39, 0.29) is 12.3 Å². The van der Waals surface area contributed by atoms with E-state index in [0.29, 0.717) is 11.5 Å². The number of nitrogens with one attached hydrogen (secondary N) is 2. The summed E-state index contributed by atoms with van der Waals surface area (Å²) in [6, 6.07) is 13.0. The minimum absolute atomic E-state index is 0.159. The number of aromatic amines is 1. The average molecular weight is 359 g/mol. The monoisotopic (exact) mass is 359 g/mol. The van der Waals surface area contributed by atoms with Crippen LogP contribution in [-0.2, 0) is 11.2 Å². The van der Waals surface area contributed by atoms with Gasteiger partial charge in [-0.25, -0.2) is 15.0 Å². The smallest absolute Gasteiger partial charge is 0.229 e. The topological polar surface area (TPSA) is 92.8 Å². The van der Waals surface area contributed by atoms with Crippen molar-refractivity contribution >= 4 is 22.8 Å². The number of fused-ring (bicyclic) bond motifs is 1. The number of H-pyrrole nitrogens is 1. The van der Waals surface area contributed by atoms with Crippen molar-refractivity contribution in [3.05, 3.63) is 66.7 Å². The van der Waals surface area contributed by atoms with Gasteiger partial charge in [-0.15, -0.1) is 0 Å². The summed E-state index contributed by atoms with van der Waals surface area (Å²) in [5.74, 6) is 1.01. The Labute approximate surface area is 155 Å². The highest BCUT2D eigenvalue weighted by Crippen LogP contribution is 2.26. The molecule has 0 radical (unpaired) electrons. The average Bonchev–Trinajstić information content (AvgIpc) is 3.12. The lowest BCUT2D eigenvalue weighted by atomic mass is 10.1. The molecule has 1 amide bonds. The van der Waals surface area contributed by atoms with Crippen molar-refractivity contribution in [2.45, 2.75) is 6.42 Å². The predicted octanol–water partition coefficient (Wildman–Crippen LogP) is 3.21. The third-order valence-corrected chi connectivity index (χ3v) is 4.16. The fourth-order valence-electron chi connectivity index (χ4n) is 2.90. The highest BCUT2D eigenvalue weighted by molar-refractivity contribution is 5.94. The fourth-order valence-corrected chi connectivity index (χ4v) is 2.90. The molecule has 4 aromatic rings. The molecule has 0 atom stereocenters. The molecule has 0 saturated carbocycles. The van der Waals surface area contributed by atoms with Gasteiger partial charge in [0, 0.05) is 29.4 Å². The van der Waals surface area contributed by atoms with Gasteiger partial charge < -0.3 is 15.0 Å². The van der Waals surface area contributed by atoms with Crippen LogP contribution >= 0.6 is 0 Å². The second-order valence-electron chi connectivity index (χ2n) is 5.97. The third kappa shape index (κ3) is 3.62. The molecule has 0 aliphatic heterocycles. The van der Waals surface area contributed by atoms with Gasteiger partial charge in [0.15, 0.2) is 0 Å². The Morgan fingerprint density at radius 2 is 2.07 bits per heavy atom. The number of pyridine rings is 1. The second kappa shape index (κ2) is 7.25. The Morgan fingerprint density at radius 3 is 2.96 bits per heavy atom. The minimum Gasteiger partial charge on any atom is -0.497 e. The lowest BCUT2D eigenvalue weighted by molar-refractivity contribution is -0.115. The zero-order valence-corrected chi connectivity index (χ0v) is 14.6. The van der Waals surface area contributed by atoms with Crippen LogP contribution in [0.15, 0.2) is 61.2 Å². The van der Waals surface area contributed by atoms with Gasteiger partial charge in [-0.05, 0) is 29.8 Å². The first-order valence-corrected chi connectivity index (χ1v) is 8.40. The maximum Gasteiger partial charge on any atom is 0.229 e. The van der Waals surface area contributed by atoms with Crippen molar-refractivity contribution in [3.63, 3.8) is 0 Å². The van der Waals surface area contributed by atoms with Gasteiger partial charge in [0.05, 0.1) is 19.2 Å². The number of carbonyl (C=O) groups is 1. The van der Waals surface area contributed by atoms with Crippen molar-refractivity contribution in [1.82, 2.24) is 19.9 Å². The molecule has 0 saturated heterocycles. The first-order valence-electron chi connectivity index (χ1n) is 8.40. The fraction of sp³-hybridized carbons (Fsp3) is 0.100. The number of ether oxygens (including phenoxy) is 1. The summed E-state index contributed by atoms with van der Waals surface area (Å²) in [5.41, 5.74) is 3.27. The Hall–Kier alpha value is -3.74. The van der Waals surface area contributed by atoms with Crippen LogP contribution in [0.25, 0.3) is 22.3 Å². The standard InChI is InChI=1S/C20H17N5O2/c1-27-14-5-2-4-13(8-14)9-19(26)25-18-10-17(23-12-24-18)16-11-22-20-15(16)6-3-7-21-20/h2-8,10-12H,9H2,1H3,(H,21,22)(H,23,24,25,26). The van der Waals surface area contributed by atoms with Gasteiger partial charge >= 0.3 is 0 Å². The lowest BCUT2D eigenvalue weighted by Gasteiger charge is -2.07. The summed E-state index contributed by atoms with van der Waals surface area (Å²) in [4.78, 5) is 28.2. The van der Waals surface area contributed by atoms with Crippen LogP contribution in [0.2, 0.25) is 0 Å². The lowest BCUT2D eigenvalue weighted by Crippen LogP contribution is -2.15. The van der Waals surface area contributed by atoms with E-state index in [1.807, 2.05) is 42.6 Å². The number of anilines is 1. The predicted molar refractivity (Wildman–Crippen MR) is 102 cm³/mol. The summed E-state index contributed by atoms with van der Waals surface area (Å²) < 4.78 is 5.19. The number of aromatic nitrogens is 4. The van der Waals surface area contributed by atoms with Crippen LogP contribution in [0.5, 0.6) is 5.75 Å². The van der Waals surface area contributed by atoms with E-state index < -0.39 is 0 Å². The van der Waals surface area contributed by atoms with Gasteiger partial charge in [0.25, 0.3) is 0 Å². The third-order valence-electron chi connectivity index (χ3n) is 4.16. The quantitative estimate of drug-likeness (QED) is 0.571. The zero-order valence-electron chi connectivity index (χ0n) is 14.6. The molecule has 0 unspecified atom stereocenters. The van der Waals surface area contributed by atoms with E-state index in [1.165, 1.54) is 6.33 Å². The molecular weight excluding hydrogens is 342 g/mol. The number of hydrogen-bond donors (Lipinski definition) is 2. The maximum atomic E-state index is 12.4. The number of rotatable bonds is 5. The molecule has 0 aliphatic carbocycles. The normalized spacial score (nSPS) is 10.7. The molecular formula is C20H17N5O2. The number of nitrogens with zero attached hydrogens (tertiary/aromatic N) is 3. The van der Waals surface area contributed by atoms with E-state index in [1.54, 1.807) is 19.4 Å². The molecule has 134 valence electrons. The summed E-state index contributed by atoms with van der Waals surface area (Å²) in [6.07, 6.45) is 5.24. The second-order valence-corrected chi connectivity index (χ2v) is 5.97. The zero-order chi connectivity index (χ0) is 18.6. The molecule has 3 aromatic heterocycles. The molecule has 0 spiro atoms. The SMILES string of the molecule is COc1cccc(CC(=O)Nc2cc(-c3c[nH]c4ncccc34)ncn2)c1. The van der Waals surface area contributed by atoms with E-state index in [0.717, 1.165) is 27.9 Å². The molecule has 4 rings (SSSR count). The van der Waals surface area contributed by atoms with Gasteiger partial charge in [-0.3, -0.25) is 4.79 Å². The van der Waals surface area contributed by atoms with Crippen LogP contribution < -0.4 is 10.1 Å². The number of benzene rings is 1. The number of hydrogen-bond acceptors (Lipinski definition) is 5. The highest BCUT2D eigenvalue weighted by atomic mass is 16.5. The van der Waals surface area contributed by atoms with Crippen LogP contribution in [0.3, 0.4) is 0 Å². The number of carbonyl (C=O) groups excluding carboxylic acids is 1. The summed E-state index contributed by atoms with van der Waals surface area (Å²) in [6.45, 7) is 0. The molecule has 2 N–H and O–H groups in total. The van der Waals surface area contributed by atoms with Gasteiger partial charge in [-0.1, -0.05) is 12.1 Å². The van der Waals surface area contributed by atoms with Gasteiger partial charge in [-0.2, -0.15) is 0 Å². The molecule has 7 nitrogen and oxygen atoms in total. The summed E-state index contributed by atoms with van der Waals surface area (Å²) >= 11 is 0. The van der Waals surface area contributed by atoms with Crippen LogP contribution in [0.4, 0.5) is 5.82 Å². The van der Waals surface area contributed by atoms with E-state index >= 15 is 0 Å². The molecule has 7 heteroatoms. The van der Waals surface area contributed by atoms with E-state index in [9.17, 15) is 4.79 Å². The summed E-state index contributed by atoms with van der Waals surface area (Å²) in [5, 5.41) is 3.78. The van der Waals surface area contributed by atoms with E-state index in [2.05, 4.69) is 25.3 Å². The molecule has 0 bridgehead atoms. The number of amides is 1. The van der Waals surface area contributed by atoms with Crippen molar-refractivity contribution in [1.29, 1.82) is 0 Å². The summed E-state index contributed by atoms with van der Waals surface area (Å²) in [7, 11) is 1.60. The molecule has 0 aliphatic rings. The largest absolute Gasteiger partial charge is 0.497 e. The Bertz CT molecular complexity index is 1110. The van der Waals surface area contributed by atoms with Gasteiger partial charge in [0.1, 0.15) is 23.5 Å². The van der Waals surface area contributed by atoms with Crippen LogP contribution in [-0.4, -0.2) is 33.0 Å². The van der Waals surface area contributed by atoms with Crippen LogP contribution in [0, 0.1) is 0 Å². The van der Waals surface area contributed by atoms with Gasteiger partial charge in [0.2, 0.25) is 5.91 Å². The van der Waals surface area contributed by atoms with Crippen molar-refractivity contribution in [2.75, 3.05) is 12.4 Å². The molecule has 27 heavy (non-hydrogen) atoms. The molecule has 0 fully saturated rings. The first-order chi connectivity index (χ1) is 13.2. The first kappa shape index (κ1) is 16.7. The Balaban J connectivity index is 1.53. The number of methoxy groups -OCH3 is 1. The molecule has 3 heterocycles.